The Morgan fingerprint density at radius 1 is 1.04 bits per heavy atom. The van der Waals surface area contributed by atoms with E-state index in [4.69, 9.17) is 0 Å². The van der Waals surface area contributed by atoms with E-state index < -0.39 is 5.92 Å². The first-order valence-corrected chi connectivity index (χ1v) is 8.52. The third-order valence-corrected chi connectivity index (χ3v) is 4.86. The lowest BCUT2D eigenvalue weighted by Crippen LogP contribution is -2.41. The molecule has 23 heavy (non-hydrogen) atoms. The van der Waals surface area contributed by atoms with E-state index in [2.05, 4.69) is 5.32 Å². The fourth-order valence-corrected chi connectivity index (χ4v) is 3.53. The van der Waals surface area contributed by atoms with Gasteiger partial charge >= 0.3 is 0 Å². The number of halogens is 1. The largest absolute Gasteiger partial charge is 0.353 e. The molecular formula is C18H23FN2O2. The normalized spacial score (nSPS) is 22.9. The first kappa shape index (κ1) is 16.0. The van der Waals surface area contributed by atoms with Crippen LogP contribution < -0.4 is 10.2 Å². The summed E-state index contributed by atoms with van der Waals surface area (Å²) in [4.78, 5) is 26.5. The van der Waals surface area contributed by atoms with Crippen LogP contribution in [0.3, 0.4) is 0 Å². The molecule has 2 aliphatic rings. The van der Waals surface area contributed by atoms with Crippen molar-refractivity contribution in [3.8, 4) is 0 Å². The highest BCUT2D eigenvalue weighted by atomic mass is 19.1. The number of benzene rings is 1. The zero-order valence-electron chi connectivity index (χ0n) is 13.3. The summed E-state index contributed by atoms with van der Waals surface area (Å²) in [6.45, 7) is 0.507. The molecule has 1 atom stereocenters. The average Bonchev–Trinajstić information content (AvgIpc) is 2.75. The summed E-state index contributed by atoms with van der Waals surface area (Å²) < 4.78 is 13.0. The van der Waals surface area contributed by atoms with Gasteiger partial charge in [0, 0.05) is 18.3 Å². The molecule has 1 saturated carbocycles. The Bertz CT molecular complexity index is 565. The SMILES string of the molecule is O=C(NC1CCCCCC1)C1CCN(c2ccc(F)cc2)C1=O. The van der Waals surface area contributed by atoms with Crippen LogP contribution in [-0.2, 0) is 9.59 Å². The molecule has 1 aliphatic carbocycles. The van der Waals surface area contributed by atoms with Crippen LogP contribution in [0.25, 0.3) is 0 Å². The summed E-state index contributed by atoms with van der Waals surface area (Å²) in [5.74, 6) is -1.26. The van der Waals surface area contributed by atoms with Crippen molar-refractivity contribution in [3.63, 3.8) is 0 Å². The van der Waals surface area contributed by atoms with Crippen LogP contribution in [0.1, 0.15) is 44.9 Å². The maximum Gasteiger partial charge on any atom is 0.239 e. The molecule has 0 bridgehead atoms. The Kier molecular flexibility index (Phi) is 4.94. The van der Waals surface area contributed by atoms with Crippen LogP contribution in [0.2, 0.25) is 0 Å². The lowest BCUT2D eigenvalue weighted by molar-refractivity contribution is -0.132. The number of hydrogen-bond donors (Lipinski definition) is 1. The van der Waals surface area contributed by atoms with Gasteiger partial charge in [-0.15, -0.1) is 0 Å². The topological polar surface area (TPSA) is 49.4 Å². The maximum atomic E-state index is 13.0. The molecule has 1 aliphatic heterocycles. The molecule has 1 saturated heterocycles. The molecule has 5 heteroatoms. The van der Waals surface area contributed by atoms with E-state index in [1.807, 2.05) is 0 Å². The van der Waals surface area contributed by atoms with E-state index in [9.17, 15) is 14.0 Å². The van der Waals surface area contributed by atoms with Gasteiger partial charge in [-0.25, -0.2) is 4.39 Å². The van der Waals surface area contributed by atoms with Crippen LogP contribution in [-0.4, -0.2) is 24.4 Å². The van der Waals surface area contributed by atoms with Gasteiger partial charge < -0.3 is 10.2 Å². The lowest BCUT2D eigenvalue weighted by Gasteiger charge is -2.19. The van der Waals surface area contributed by atoms with Crippen molar-refractivity contribution in [1.82, 2.24) is 5.32 Å². The standard InChI is InChI=1S/C18H23FN2O2/c19-13-7-9-15(10-8-13)21-12-11-16(18(21)23)17(22)20-14-5-3-1-2-4-6-14/h7-10,14,16H,1-6,11-12H2,(H,20,22). The minimum Gasteiger partial charge on any atom is -0.353 e. The Labute approximate surface area is 136 Å². The summed E-state index contributed by atoms with van der Waals surface area (Å²) in [6.07, 6.45) is 7.29. The van der Waals surface area contributed by atoms with Crippen molar-refractivity contribution in [3.05, 3.63) is 30.1 Å². The molecule has 0 radical (unpaired) electrons. The molecule has 2 fully saturated rings. The molecule has 1 unspecified atom stereocenters. The summed E-state index contributed by atoms with van der Waals surface area (Å²) >= 11 is 0. The minimum absolute atomic E-state index is 0.147. The van der Waals surface area contributed by atoms with E-state index in [0.717, 1.165) is 25.7 Å². The molecule has 1 aromatic carbocycles. The van der Waals surface area contributed by atoms with E-state index in [1.54, 1.807) is 17.0 Å². The molecule has 1 N–H and O–H groups in total. The van der Waals surface area contributed by atoms with Crippen molar-refractivity contribution < 1.29 is 14.0 Å². The number of carbonyl (C=O) groups excluding carboxylic acids is 2. The van der Waals surface area contributed by atoms with Gasteiger partial charge in [0.2, 0.25) is 11.8 Å². The van der Waals surface area contributed by atoms with Crippen molar-refractivity contribution in [2.75, 3.05) is 11.4 Å². The molecular weight excluding hydrogens is 295 g/mol. The number of hydrogen-bond acceptors (Lipinski definition) is 2. The highest BCUT2D eigenvalue weighted by Crippen LogP contribution is 2.26. The molecule has 4 nitrogen and oxygen atoms in total. The predicted octanol–water partition coefficient (Wildman–Crippen LogP) is 3.02. The van der Waals surface area contributed by atoms with Gasteiger partial charge in [0.05, 0.1) is 0 Å². The van der Waals surface area contributed by atoms with Crippen molar-refractivity contribution >= 4 is 17.5 Å². The van der Waals surface area contributed by atoms with Gasteiger partial charge in [0.25, 0.3) is 0 Å². The Balaban J connectivity index is 1.61. The number of rotatable bonds is 3. The third kappa shape index (κ3) is 3.71. The monoisotopic (exact) mass is 318 g/mol. The second-order valence-corrected chi connectivity index (χ2v) is 6.50. The van der Waals surface area contributed by atoms with Crippen LogP contribution in [0.4, 0.5) is 10.1 Å². The highest BCUT2D eigenvalue weighted by Gasteiger charge is 2.38. The number of nitrogens with one attached hydrogen (secondary N) is 1. The van der Waals surface area contributed by atoms with Gasteiger partial charge in [-0.05, 0) is 43.5 Å². The summed E-state index contributed by atoms with van der Waals surface area (Å²) in [7, 11) is 0. The molecule has 2 amide bonds. The zero-order valence-corrected chi connectivity index (χ0v) is 13.3. The van der Waals surface area contributed by atoms with E-state index in [0.29, 0.717) is 18.7 Å². The van der Waals surface area contributed by atoms with Crippen LogP contribution >= 0.6 is 0 Å². The summed E-state index contributed by atoms with van der Waals surface area (Å²) in [5, 5.41) is 3.07. The highest BCUT2D eigenvalue weighted by molar-refractivity contribution is 6.09. The van der Waals surface area contributed by atoms with E-state index >= 15 is 0 Å². The first-order chi connectivity index (χ1) is 11.1. The second-order valence-electron chi connectivity index (χ2n) is 6.50. The second kappa shape index (κ2) is 7.11. The fourth-order valence-electron chi connectivity index (χ4n) is 3.53. The Hall–Kier alpha value is -1.91. The molecule has 1 aromatic rings. The lowest BCUT2D eigenvalue weighted by atomic mass is 10.0. The molecule has 0 aromatic heterocycles. The van der Waals surface area contributed by atoms with Crippen molar-refractivity contribution in [2.45, 2.75) is 51.0 Å². The molecule has 3 rings (SSSR count). The van der Waals surface area contributed by atoms with Gasteiger partial charge in [0.1, 0.15) is 11.7 Å². The van der Waals surface area contributed by atoms with Crippen LogP contribution in [0, 0.1) is 11.7 Å². The molecule has 124 valence electrons. The van der Waals surface area contributed by atoms with E-state index in [-0.39, 0.29) is 23.7 Å². The minimum atomic E-state index is -0.608. The van der Waals surface area contributed by atoms with Gasteiger partial charge in [-0.3, -0.25) is 9.59 Å². The number of nitrogens with zero attached hydrogens (tertiary/aromatic N) is 1. The summed E-state index contributed by atoms with van der Waals surface area (Å²) in [6, 6.07) is 6.04. The van der Waals surface area contributed by atoms with Crippen LogP contribution in [0.5, 0.6) is 0 Å². The first-order valence-electron chi connectivity index (χ1n) is 8.52. The maximum absolute atomic E-state index is 13.0. The molecule has 1 heterocycles. The molecule has 0 spiro atoms. The van der Waals surface area contributed by atoms with Crippen molar-refractivity contribution in [2.24, 2.45) is 5.92 Å². The van der Waals surface area contributed by atoms with Gasteiger partial charge in [0.15, 0.2) is 0 Å². The summed E-state index contributed by atoms with van der Waals surface area (Å²) in [5.41, 5.74) is 0.654. The zero-order chi connectivity index (χ0) is 16.2. The quantitative estimate of drug-likeness (QED) is 0.688. The number of anilines is 1. The van der Waals surface area contributed by atoms with E-state index in [1.165, 1.54) is 25.0 Å². The predicted molar refractivity (Wildman–Crippen MR) is 86.5 cm³/mol. The van der Waals surface area contributed by atoms with Crippen LogP contribution in [0.15, 0.2) is 24.3 Å². The fraction of sp³-hybridized carbons (Fsp3) is 0.556. The smallest absolute Gasteiger partial charge is 0.239 e. The third-order valence-electron chi connectivity index (χ3n) is 4.86. The average molecular weight is 318 g/mol. The van der Waals surface area contributed by atoms with Crippen molar-refractivity contribution in [1.29, 1.82) is 0 Å². The Morgan fingerprint density at radius 3 is 2.35 bits per heavy atom. The number of amides is 2. The number of carbonyl (C=O) groups is 2. The van der Waals surface area contributed by atoms with Gasteiger partial charge in [-0.2, -0.15) is 0 Å². The van der Waals surface area contributed by atoms with Gasteiger partial charge in [-0.1, -0.05) is 25.7 Å². The Morgan fingerprint density at radius 2 is 1.70 bits per heavy atom.